The number of benzene rings is 2. The minimum absolute atomic E-state index is 0.373. The Labute approximate surface area is 128 Å². The van der Waals surface area contributed by atoms with Gasteiger partial charge in [-0.15, -0.1) is 0 Å². The topological polar surface area (TPSA) is 63.3 Å². The van der Waals surface area contributed by atoms with Crippen LogP contribution >= 0.6 is 0 Å². The van der Waals surface area contributed by atoms with Crippen molar-refractivity contribution in [3.8, 4) is 22.4 Å². The van der Waals surface area contributed by atoms with Crippen LogP contribution in [0.3, 0.4) is 0 Å². The molecule has 1 aromatic heterocycles. The first-order chi connectivity index (χ1) is 10.7. The van der Waals surface area contributed by atoms with Crippen LogP contribution in [0, 0.1) is 0 Å². The molecular formula is C18H15NO3. The van der Waals surface area contributed by atoms with Gasteiger partial charge in [0.05, 0.1) is 5.56 Å². The molecule has 0 aliphatic heterocycles. The fourth-order valence-corrected chi connectivity index (χ4v) is 2.39. The van der Waals surface area contributed by atoms with Gasteiger partial charge in [-0.05, 0) is 12.5 Å². The molecule has 0 saturated heterocycles. The first-order valence-corrected chi connectivity index (χ1v) is 7.01. The first kappa shape index (κ1) is 14.1. The zero-order chi connectivity index (χ0) is 15.5. The van der Waals surface area contributed by atoms with Gasteiger partial charge in [-0.2, -0.15) is 0 Å². The van der Waals surface area contributed by atoms with Gasteiger partial charge in [0.1, 0.15) is 11.6 Å². The molecule has 0 aliphatic carbocycles. The van der Waals surface area contributed by atoms with Crippen molar-refractivity contribution in [1.82, 2.24) is 5.16 Å². The minimum atomic E-state index is -0.937. The molecule has 0 radical (unpaired) electrons. The summed E-state index contributed by atoms with van der Waals surface area (Å²) < 4.78 is 5.40. The number of hydrogen-bond donors (Lipinski definition) is 1. The lowest BCUT2D eigenvalue weighted by atomic mass is 9.94. The van der Waals surface area contributed by atoms with E-state index in [2.05, 4.69) is 5.16 Å². The maximum absolute atomic E-state index is 11.3. The molecule has 1 heterocycles. The van der Waals surface area contributed by atoms with E-state index in [1.165, 1.54) is 0 Å². The number of carbonyl (C=O) groups is 1. The van der Waals surface area contributed by atoms with Crippen LogP contribution in [0.4, 0.5) is 0 Å². The van der Waals surface area contributed by atoms with Crippen molar-refractivity contribution in [3.63, 3.8) is 0 Å². The fourth-order valence-electron chi connectivity index (χ4n) is 2.39. The summed E-state index contributed by atoms with van der Waals surface area (Å²) in [4.78, 5) is 11.3. The average molecular weight is 293 g/mol. The quantitative estimate of drug-likeness (QED) is 0.783. The summed E-state index contributed by atoms with van der Waals surface area (Å²) in [5.41, 5.74) is 3.19. The molecular weight excluding hydrogens is 278 g/mol. The van der Waals surface area contributed by atoms with E-state index < -0.39 is 11.9 Å². The molecule has 4 heteroatoms. The van der Waals surface area contributed by atoms with E-state index in [4.69, 9.17) is 4.52 Å². The van der Waals surface area contributed by atoms with Crippen LogP contribution in [-0.4, -0.2) is 16.2 Å². The normalized spacial score (nSPS) is 12.0. The Kier molecular flexibility index (Phi) is 3.74. The van der Waals surface area contributed by atoms with Gasteiger partial charge in [0, 0.05) is 5.56 Å². The van der Waals surface area contributed by atoms with E-state index in [9.17, 15) is 9.90 Å². The van der Waals surface area contributed by atoms with Crippen molar-refractivity contribution >= 4 is 5.97 Å². The van der Waals surface area contributed by atoms with Crippen LogP contribution in [0.2, 0.25) is 0 Å². The maximum Gasteiger partial charge on any atom is 0.314 e. The summed E-state index contributed by atoms with van der Waals surface area (Å²) in [6, 6.07) is 19.2. The highest BCUT2D eigenvalue weighted by molar-refractivity contribution is 5.86. The molecule has 2 aromatic carbocycles. The molecule has 0 spiro atoms. The summed E-state index contributed by atoms with van der Waals surface area (Å²) in [6.45, 7) is 1.60. The second-order valence-electron chi connectivity index (χ2n) is 5.06. The van der Waals surface area contributed by atoms with Crippen LogP contribution in [0.15, 0.2) is 65.2 Å². The Bertz CT molecular complexity index is 779. The molecule has 0 aliphatic rings. The summed E-state index contributed by atoms with van der Waals surface area (Å²) >= 11 is 0. The van der Waals surface area contributed by atoms with Crippen molar-refractivity contribution in [2.75, 3.05) is 0 Å². The summed E-state index contributed by atoms with van der Waals surface area (Å²) in [5, 5.41) is 13.4. The van der Waals surface area contributed by atoms with Crippen LogP contribution in [0.25, 0.3) is 22.4 Å². The third-order valence-corrected chi connectivity index (χ3v) is 3.59. The molecule has 3 aromatic rings. The van der Waals surface area contributed by atoms with Gasteiger partial charge in [-0.3, -0.25) is 4.79 Å². The smallest absolute Gasteiger partial charge is 0.314 e. The van der Waals surface area contributed by atoms with E-state index in [-0.39, 0.29) is 0 Å². The van der Waals surface area contributed by atoms with Gasteiger partial charge < -0.3 is 9.63 Å². The van der Waals surface area contributed by atoms with Crippen LogP contribution in [0.1, 0.15) is 18.6 Å². The lowest BCUT2D eigenvalue weighted by Gasteiger charge is -2.07. The van der Waals surface area contributed by atoms with Gasteiger partial charge in [0.15, 0.2) is 5.76 Å². The lowest BCUT2D eigenvalue weighted by Crippen LogP contribution is -2.07. The summed E-state index contributed by atoms with van der Waals surface area (Å²) in [5.74, 6) is -1.33. The number of hydrogen-bond acceptors (Lipinski definition) is 3. The van der Waals surface area contributed by atoms with Crippen molar-refractivity contribution in [2.45, 2.75) is 12.8 Å². The molecule has 110 valence electrons. The van der Waals surface area contributed by atoms with Crippen LogP contribution in [-0.2, 0) is 4.79 Å². The molecule has 0 bridgehead atoms. The Morgan fingerprint density at radius 3 is 2.09 bits per heavy atom. The third-order valence-electron chi connectivity index (χ3n) is 3.59. The molecule has 22 heavy (non-hydrogen) atoms. The Morgan fingerprint density at radius 1 is 1.00 bits per heavy atom. The highest BCUT2D eigenvalue weighted by Gasteiger charge is 2.27. The maximum atomic E-state index is 11.3. The summed E-state index contributed by atoms with van der Waals surface area (Å²) in [6.07, 6.45) is 0. The van der Waals surface area contributed by atoms with E-state index >= 15 is 0 Å². The Morgan fingerprint density at radius 2 is 1.55 bits per heavy atom. The lowest BCUT2D eigenvalue weighted by molar-refractivity contribution is -0.138. The minimum Gasteiger partial charge on any atom is -0.481 e. The molecule has 0 amide bonds. The monoisotopic (exact) mass is 293 g/mol. The zero-order valence-corrected chi connectivity index (χ0v) is 12.1. The molecule has 1 N–H and O–H groups in total. The predicted octanol–water partition coefficient (Wildman–Crippen LogP) is 4.20. The average Bonchev–Trinajstić information content (AvgIpc) is 3.00. The number of rotatable bonds is 4. The number of aliphatic carboxylic acids is 1. The summed E-state index contributed by atoms with van der Waals surface area (Å²) in [7, 11) is 0. The molecule has 0 fully saturated rings. The Hall–Kier alpha value is -2.88. The third kappa shape index (κ3) is 2.51. The first-order valence-electron chi connectivity index (χ1n) is 7.01. The number of carboxylic acid groups (broad SMARTS) is 1. The number of aromatic nitrogens is 1. The van der Waals surface area contributed by atoms with Crippen molar-refractivity contribution in [2.24, 2.45) is 0 Å². The van der Waals surface area contributed by atoms with E-state index in [0.717, 1.165) is 16.7 Å². The van der Waals surface area contributed by atoms with E-state index in [0.29, 0.717) is 11.5 Å². The largest absolute Gasteiger partial charge is 0.481 e. The SMILES string of the molecule is CC(C(=O)O)c1onc(-c2ccccc2)c1-c1ccccc1. The van der Waals surface area contributed by atoms with Gasteiger partial charge in [0.2, 0.25) is 0 Å². The van der Waals surface area contributed by atoms with Gasteiger partial charge >= 0.3 is 5.97 Å². The second kappa shape index (κ2) is 5.85. The van der Waals surface area contributed by atoms with Crippen LogP contribution in [0.5, 0.6) is 0 Å². The number of nitrogens with zero attached hydrogens (tertiary/aromatic N) is 1. The van der Waals surface area contributed by atoms with Gasteiger partial charge in [-0.25, -0.2) is 0 Å². The van der Waals surface area contributed by atoms with Crippen molar-refractivity contribution in [1.29, 1.82) is 0 Å². The molecule has 1 atom stereocenters. The molecule has 0 saturated carbocycles. The van der Waals surface area contributed by atoms with Crippen molar-refractivity contribution in [3.05, 3.63) is 66.4 Å². The van der Waals surface area contributed by atoms with Gasteiger partial charge in [-0.1, -0.05) is 65.8 Å². The number of carboxylic acids is 1. The van der Waals surface area contributed by atoms with E-state index in [1.54, 1.807) is 6.92 Å². The van der Waals surface area contributed by atoms with Crippen molar-refractivity contribution < 1.29 is 14.4 Å². The van der Waals surface area contributed by atoms with Gasteiger partial charge in [0.25, 0.3) is 0 Å². The van der Waals surface area contributed by atoms with E-state index in [1.807, 2.05) is 60.7 Å². The highest BCUT2D eigenvalue weighted by Crippen LogP contribution is 2.37. The zero-order valence-electron chi connectivity index (χ0n) is 12.1. The highest BCUT2D eigenvalue weighted by atomic mass is 16.5. The fraction of sp³-hybridized carbons (Fsp3) is 0.111. The molecule has 1 unspecified atom stereocenters. The Balaban J connectivity index is 2.22. The molecule has 3 rings (SSSR count). The standard InChI is InChI=1S/C18H15NO3/c1-12(18(20)21)17-15(13-8-4-2-5-9-13)16(19-22-17)14-10-6-3-7-11-14/h2-12H,1H3,(H,20,21). The molecule has 4 nitrogen and oxygen atoms in total. The second-order valence-corrected chi connectivity index (χ2v) is 5.06. The predicted molar refractivity (Wildman–Crippen MR) is 83.4 cm³/mol. The van der Waals surface area contributed by atoms with Crippen LogP contribution < -0.4 is 0 Å².